The molecule has 0 aromatic heterocycles. The molecule has 0 aliphatic carbocycles. The summed E-state index contributed by atoms with van der Waals surface area (Å²) in [5.41, 5.74) is 2.87. The summed E-state index contributed by atoms with van der Waals surface area (Å²) < 4.78 is 0. The zero-order chi connectivity index (χ0) is 13.7. The van der Waals surface area contributed by atoms with Crippen LogP contribution in [-0.4, -0.2) is 31.1 Å². The van der Waals surface area contributed by atoms with Crippen LogP contribution in [0, 0.1) is 0 Å². The molecule has 3 heteroatoms. The van der Waals surface area contributed by atoms with Crippen LogP contribution < -0.4 is 5.32 Å². The van der Waals surface area contributed by atoms with Gasteiger partial charge in [-0.25, -0.2) is 0 Å². The molecule has 0 bridgehead atoms. The molecule has 1 unspecified atom stereocenters. The molecule has 1 aromatic carbocycles. The Balaban J connectivity index is 0.00000200. The monoisotopic (exact) mass is 296 g/mol. The molecular formula is C17H29ClN2. The van der Waals surface area contributed by atoms with E-state index in [1.165, 1.54) is 43.5 Å². The predicted octanol–water partition coefficient (Wildman–Crippen LogP) is 3.81. The van der Waals surface area contributed by atoms with E-state index in [9.17, 15) is 0 Å². The number of halogens is 1. The maximum absolute atomic E-state index is 3.49. The van der Waals surface area contributed by atoms with E-state index in [1.54, 1.807) is 0 Å². The van der Waals surface area contributed by atoms with Gasteiger partial charge in [0.2, 0.25) is 0 Å². The molecule has 0 spiro atoms. The van der Waals surface area contributed by atoms with Crippen LogP contribution in [0.5, 0.6) is 0 Å². The molecule has 1 aliphatic heterocycles. The number of benzene rings is 1. The molecule has 1 aliphatic rings. The Bertz CT molecular complexity index is 367. The topological polar surface area (TPSA) is 15.3 Å². The molecule has 1 N–H and O–H groups in total. The Hall–Kier alpha value is -0.570. The van der Waals surface area contributed by atoms with Gasteiger partial charge in [-0.1, -0.05) is 38.1 Å². The van der Waals surface area contributed by atoms with E-state index in [4.69, 9.17) is 0 Å². The molecule has 1 heterocycles. The van der Waals surface area contributed by atoms with Crippen molar-refractivity contribution in [2.75, 3.05) is 20.1 Å². The van der Waals surface area contributed by atoms with E-state index in [0.717, 1.165) is 12.6 Å². The van der Waals surface area contributed by atoms with Gasteiger partial charge < -0.3 is 5.32 Å². The molecule has 1 aromatic rings. The number of nitrogens with one attached hydrogen (secondary N) is 1. The maximum Gasteiger partial charge on any atom is 0.0233 e. The second-order valence-corrected chi connectivity index (χ2v) is 6.15. The number of rotatable bonds is 4. The van der Waals surface area contributed by atoms with Crippen molar-refractivity contribution in [3.05, 3.63) is 35.4 Å². The molecule has 1 fully saturated rings. The summed E-state index contributed by atoms with van der Waals surface area (Å²) >= 11 is 0. The van der Waals surface area contributed by atoms with E-state index in [0.29, 0.717) is 5.92 Å². The van der Waals surface area contributed by atoms with Crippen molar-refractivity contribution < 1.29 is 0 Å². The smallest absolute Gasteiger partial charge is 0.0233 e. The van der Waals surface area contributed by atoms with Crippen molar-refractivity contribution in [2.24, 2.45) is 0 Å². The Kier molecular flexibility index (Phi) is 7.57. The third-order valence-electron chi connectivity index (χ3n) is 4.25. The Morgan fingerprint density at radius 1 is 1.15 bits per heavy atom. The summed E-state index contributed by atoms with van der Waals surface area (Å²) in [6.07, 6.45) is 3.91. The zero-order valence-corrected chi connectivity index (χ0v) is 13.9. The standard InChI is InChI=1S/C17H28N2.ClH/c1-14(2)16-8-6-15(7-9-16)13-19(3)17-5-4-11-18-12-10-17;/h6-9,14,17-18H,4-5,10-13H2,1-3H3;1H. The van der Waals surface area contributed by atoms with E-state index in [2.05, 4.69) is 55.4 Å². The van der Waals surface area contributed by atoms with Gasteiger partial charge in [-0.05, 0) is 56.4 Å². The van der Waals surface area contributed by atoms with Crippen molar-refractivity contribution in [1.82, 2.24) is 10.2 Å². The van der Waals surface area contributed by atoms with Gasteiger partial charge in [-0.2, -0.15) is 0 Å². The highest BCUT2D eigenvalue weighted by Crippen LogP contribution is 2.18. The normalized spacial score (nSPS) is 19.8. The van der Waals surface area contributed by atoms with Crippen LogP contribution in [0.3, 0.4) is 0 Å². The maximum atomic E-state index is 3.49. The quantitative estimate of drug-likeness (QED) is 0.909. The molecule has 0 amide bonds. The summed E-state index contributed by atoms with van der Waals surface area (Å²) in [6.45, 7) is 7.93. The Morgan fingerprint density at radius 3 is 2.50 bits per heavy atom. The number of nitrogens with zero attached hydrogens (tertiary/aromatic N) is 1. The van der Waals surface area contributed by atoms with E-state index < -0.39 is 0 Å². The lowest BCUT2D eigenvalue weighted by Gasteiger charge is -2.27. The third-order valence-corrected chi connectivity index (χ3v) is 4.25. The first kappa shape index (κ1) is 17.5. The average molecular weight is 297 g/mol. The molecule has 2 nitrogen and oxygen atoms in total. The van der Waals surface area contributed by atoms with Crippen LogP contribution in [0.25, 0.3) is 0 Å². The van der Waals surface area contributed by atoms with Gasteiger partial charge in [0.05, 0.1) is 0 Å². The lowest BCUT2D eigenvalue weighted by Crippen LogP contribution is -2.31. The fourth-order valence-corrected chi connectivity index (χ4v) is 2.87. The van der Waals surface area contributed by atoms with Crippen LogP contribution in [-0.2, 0) is 6.54 Å². The van der Waals surface area contributed by atoms with Gasteiger partial charge in [0.25, 0.3) is 0 Å². The molecule has 2 rings (SSSR count). The van der Waals surface area contributed by atoms with Crippen LogP contribution >= 0.6 is 12.4 Å². The van der Waals surface area contributed by atoms with E-state index in [-0.39, 0.29) is 12.4 Å². The average Bonchev–Trinajstić information content (AvgIpc) is 2.68. The van der Waals surface area contributed by atoms with E-state index >= 15 is 0 Å². The first-order chi connectivity index (χ1) is 9.16. The molecule has 114 valence electrons. The van der Waals surface area contributed by atoms with Crippen molar-refractivity contribution in [3.8, 4) is 0 Å². The summed E-state index contributed by atoms with van der Waals surface area (Å²) in [5, 5.41) is 3.49. The summed E-state index contributed by atoms with van der Waals surface area (Å²) in [5.74, 6) is 0.625. The molecule has 0 radical (unpaired) electrons. The molecule has 1 atom stereocenters. The van der Waals surface area contributed by atoms with Crippen LogP contribution in [0.1, 0.15) is 50.2 Å². The SMILES string of the molecule is CC(C)c1ccc(CN(C)C2CCCNCC2)cc1.Cl. The predicted molar refractivity (Wildman–Crippen MR) is 89.8 cm³/mol. The molecule has 20 heavy (non-hydrogen) atoms. The lowest BCUT2D eigenvalue weighted by molar-refractivity contribution is 0.216. The van der Waals surface area contributed by atoms with Crippen molar-refractivity contribution >= 4 is 12.4 Å². The van der Waals surface area contributed by atoms with Gasteiger partial charge in [0.15, 0.2) is 0 Å². The second-order valence-electron chi connectivity index (χ2n) is 6.15. The van der Waals surface area contributed by atoms with Gasteiger partial charge in [0, 0.05) is 12.6 Å². The van der Waals surface area contributed by atoms with Gasteiger partial charge >= 0.3 is 0 Å². The van der Waals surface area contributed by atoms with Crippen LogP contribution in [0.2, 0.25) is 0 Å². The van der Waals surface area contributed by atoms with Gasteiger partial charge in [0.1, 0.15) is 0 Å². The molecular weight excluding hydrogens is 268 g/mol. The molecule has 1 saturated heterocycles. The second kappa shape index (κ2) is 8.66. The van der Waals surface area contributed by atoms with Crippen molar-refractivity contribution in [3.63, 3.8) is 0 Å². The van der Waals surface area contributed by atoms with Crippen molar-refractivity contribution in [2.45, 2.75) is 51.6 Å². The zero-order valence-electron chi connectivity index (χ0n) is 13.1. The van der Waals surface area contributed by atoms with E-state index in [1.807, 2.05) is 0 Å². The Labute approximate surface area is 130 Å². The number of hydrogen-bond acceptors (Lipinski definition) is 2. The largest absolute Gasteiger partial charge is 0.317 e. The highest BCUT2D eigenvalue weighted by Gasteiger charge is 2.16. The van der Waals surface area contributed by atoms with Gasteiger partial charge in [-0.3, -0.25) is 4.90 Å². The van der Waals surface area contributed by atoms with Crippen molar-refractivity contribution in [1.29, 1.82) is 0 Å². The van der Waals surface area contributed by atoms with Gasteiger partial charge in [-0.15, -0.1) is 12.4 Å². The summed E-state index contributed by atoms with van der Waals surface area (Å²) in [7, 11) is 2.27. The minimum Gasteiger partial charge on any atom is -0.317 e. The third kappa shape index (κ3) is 5.08. The minimum absolute atomic E-state index is 0. The number of hydrogen-bond donors (Lipinski definition) is 1. The lowest BCUT2D eigenvalue weighted by atomic mass is 10.0. The Morgan fingerprint density at radius 2 is 1.85 bits per heavy atom. The summed E-state index contributed by atoms with van der Waals surface area (Å²) in [6, 6.07) is 9.88. The fourth-order valence-electron chi connectivity index (χ4n) is 2.87. The van der Waals surface area contributed by atoms with Crippen LogP contribution in [0.4, 0.5) is 0 Å². The highest BCUT2D eigenvalue weighted by molar-refractivity contribution is 5.85. The molecule has 0 saturated carbocycles. The first-order valence-corrected chi connectivity index (χ1v) is 7.66. The highest BCUT2D eigenvalue weighted by atomic mass is 35.5. The summed E-state index contributed by atoms with van der Waals surface area (Å²) in [4.78, 5) is 2.53. The van der Waals surface area contributed by atoms with Crippen LogP contribution in [0.15, 0.2) is 24.3 Å². The minimum atomic E-state index is 0. The first-order valence-electron chi connectivity index (χ1n) is 7.66. The fraction of sp³-hybridized carbons (Fsp3) is 0.647.